The molecule has 0 saturated carbocycles. The number of ether oxygens (including phenoxy) is 1. The summed E-state index contributed by atoms with van der Waals surface area (Å²) < 4.78 is 5.44. The molecule has 0 aliphatic carbocycles. The second-order valence-electron chi connectivity index (χ2n) is 8.41. The third-order valence-electron chi connectivity index (χ3n) is 6.35. The number of hydrogen-bond acceptors (Lipinski definition) is 4. The van der Waals surface area contributed by atoms with Crippen LogP contribution in [0.25, 0.3) is 0 Å². The summed E-state index contributed by atoms with van der Waals surface area (Å²) >= 11 is 0. The van der Waals surface area contributed by atoms with E-state index in [1.54, 1.807) is 0 Å². The molecule has 0 atom stereocenters. The van der Waals surface area contributed by atoms with Crippen LogP contribution in [0.15, 0.2) is 24.3 Å². The first-order chi connectivity index (χ1) is 12.6. The van der Waals surface area contributed by atoms with Gasteiger partial charge in [-0.1, -0.05) is 24.3 Å². The molecule has 142 valence electrons. The summed E-state index contributed by atoms with van der Waals surface area (Å²) in [5, 5.41) is 0. The maximum Gasteiger partial charge on any atom is 0.222 e. The molecule has 0 unspecified atom stereocenters. The van der Waals surface area contributed by atoms with E-state index in [1.807, 2.05) is 11.9 Å². The largest absolute Gasteiger partial charge is 0.379 e. The highest BCUT2D eigenvalue weighted by atomic mass is 16.5. The van der Waals surface area contributed by atoms with Crippen LogP contribution >= 0.6 is 0 Å². The highest BCUT2D eigenvalue weighted by molar-refractivity contribution is 5.79. The van der Waals surface area contributed by atoms with Gasteiger partial charge in [0.25, 0.3) is 0 Å². The molecule has 3 fully saturated rings. The maximum absolute atomic E-state index is 11.9. The topological polar surface area (TPSA) is 36.0 Å². The molecule has 0 N–H and O–H groups in total. The molecule has 1 amide bonds. The summed E-state index contributed by atoms with van der Waals surface area (Å²) in [6.45, 7) is 8.99. The summed E-state index contributed by atoms with van der Waals surface area (Å²) in [5.74, 6) is 0.328. The van der Waals surface area contributed by atoms with Gasteiger partial charge in [0.15, 0.2) is 0 Å². The van der Waals surface area contributed by atoms with Gasteiger partial charge in [0.2, 0.25) is 5.91 Å². The lowest BCUT2D eigenvalue weighted by molar-refractivity contribution is -0.126. The van der Waals surface area contributed by atoms with E-state index < -0.39 is 0 Å². The van der Waals surface area contributed by atoms with E-state index in [0.29, 0.717) is 5.91 Å². The van der Waals surface area contributed by atoms with Gasteiger partial charge in [0.1, 0.15) is 0 Å². The lowest BCUT2D eigenvalue weighted by atomic mass is 9.77. The highest BCUT2D eigenvalue weighted by Gasteiger charge is 2.43. The first kappa shape index (κ1) is 18.0. The number of likely N-dealkylation sites (tertiary alicyclic amines) is 2. The van der Waals surface area contributed by atoms with Crippen molar-refractivity contribution >= 4 is 5.91 Å². The van der Waals surface area contributed by atoms with Crippen molar-refractivity contribution in [3.8, 4) is 0 Å². The average Bonchev–Trinajstić information content (AvgIpc) is 2.92. The van der Waals surface area contributed by atoms with Gasteiger partial charge in [0, 0.05) is 46.2 Å². The van der Waals surface area contributed by atoms with Crippen LogP contribution < -0.4 is 0 Å². The number of piperidine rings is 1. The molecule has 0 radical (unpaired) electrons. The van der Waals surface area contributed by atoms with Gasteiger partial charge in [-0.15, -0.1) is 0 Å². The van der Waals surface area contributed by atoms with Crippen LogP contribution in [0, 0.1) is 5.41 Å². The minimum atomic E-state index is 0.251. The molecular formula is C21H31N3O2. The van der Waals surface area contributed by atoms with Crippen LogP contribution in [0.2, 0.25) is 0 Å². The second-order valence-corrected chi connectivity index (χ2v) is 8.41. The SMILES string of the molecule is CN1CC2(CCN(Cc3cccc(CN4CCOCC4)c3)CC2)CC1=O. The molecular weight excluding hydrogens is 326 g/mol. The molecule has 5 nitrogen and oxygen atoms in total. The molecule has 5 heteroatoms. The smallest absolute Gasteiger partial charge is 0.222 e. The van der Waals surface area contributed by atoms with Gasteiger partial charge < -0.3 is 9.64 Å². The van der Waals surface area contributed by atoms with Gasteiger partial charge in [0.05, 0.1) is 13.2 Å². The molecule has 0 aromatic heterocycles. The molecule has 3 heterocycles. The minimum absolute atomic E-state index is 0.251. The van der Waals surface area contributed by atoms with E-state index in [-0.39, 0.29) is 5.41 Å². The summed E-state index contributed by atoms with van der Waals surface area (Å²) in [7, 11) is 1.95. The second kappa shape index (κ2) is 7.67. The Kier molecular flexibility index (Phi) is 5.30. The highest BCUT2D eigenvalue weighted by Crippen LogP contribution is 2.40. The molecule has 1 aromatic carbocycles. The molecule has 3 saturated heterocycles. The zero-order valence-electron chi connectivity index (χ0n) is 16.0. The number of hydrogen-bond donors (Lipinski definition) is 0. The normalized spacial score (nSPS) is 24.5. The Hall–Kier alpha value is -1.43. The van der Waals surface area contributed by atoms with Crippen LogP contribution in [0.1, 0.15) is 30.4 Å². The molecule has 3 aliphatic rings. The Morgan fingerprint density at radius 2 is 1.62 bits per heavy atom. The summed E-state index contributed by atoms with van der Waals surface area (Å²) in [6.07, 6.45) is 3.06. The molecule has 0 bridgehead atoms. The third kappa shape index (κ3) is 4.11. The van der Waals surface area contributed by atoms with Gasteiger partial charge in [-0.3, -0.25) is 14.6 Å². The number of carbonyl (C=O) groups excluding carboxylic acids is 1. The van der Waals surface area contributed by atoms with Crippen molar-refractivity contribution in [2.45, 2.75) is 32.4 Å². The fourth-order valence-corrected chi connectivity index (χ4v) is 4.73. The van der Waals surface area contributed by atoms with Crippen molar-refractivity contribution in [1.29, 1.82) is 0 Å². The van der Waals surface area contributed by atoms with E-state index in [4.69, 9.17) is 4.74 Å². The minimum Gasteiger partial charge on any atom is -0.379 e. The summed E-state index contributed by atoms with van der Waals surface area (Å²) in [6, 6.07) is 9.05. The van der Waals surface area contributed by atoms with Crippen LogP contribution in [-0.2, 0) is 22.6 Å². The zero-order chi connectivity index (χ0) is 18.0. The Morgan fingerprint density at radius 3 is 2.19 bits per heavy atom. The van der Waals surface area contributed by atoms with Crippen molar-refractivity contribution in [1.82, 2.24) is 14.7 Å². The first-order valence-electron chi connectivity index (χ1n) is 9.96. The third-order valence-corrected chi connectivity index (χ3v) is 6.35. The van der Waals surface area contributed by atoms with Gasteiger partial charge in [-0.2, -0.15) is 0 Å². The van der Waals surface area contributed by atoms with E-state index in [0.717, 1.165) is 78.3 Å². The molecule has 26 heavy (non-hydrogen) atoms. The summed E-state index contributed by atoms with van der Waals surface area (Å²) in [5.41, 5.74) is 3.06. The zero-order valence-corrected chi connectivity index (χ0v) is 16.0. The first-order valence-corrected chi connectivity index (χ1v) is 9.96. The average molecular weight is 357 g/mol. The number of amides is 1. The van der Waals surface area contributed by atoms with Gasteiger partial charge in [-0.05, 0) is 42.5 Å². The van der Waals surface area contributed by atoms with Crippen LogP contribution in [0.5, 0.6) is 0 Å². The van der Waals surface area contributed by atoms with Crippen LogP contribution in [-0.4, -0.2) is 73.6 Å². The predicted octanol–water partition coefficient (Wildman–Crippen LogP) is 1.96. The Labute approximate surface area is 156 Å². The number of morpholine rings is 1. The van der Waals surface area contributed by atoms with Gasteiger partial charge >= 0.3 is 0 Å². The summed E-state index contributed by atoms with van der Waals surface area (Å²) in [4.78, 5) is 18.9. The Balaban J connectivity index is 1.31. The number of benzene rings is 1. The van der Waals surface area contributed by atoms with E-state index >= 15 is 0 Å². The molecule has 4 rings (SSSR count). The van der Waals surface area contributed by atoms with E-state index in [2.05, 4.69) is 34.1 Å². The number of carbonyl (C=O) groups is 1. The lowest BCUT2D eigenvalue weighted by Crippen LogP contribution is -2.40. The van der Waals surface area contributed by atoms with Crippen molar-refractivity contribution in [3.05, 3.63) is 35.4 Å². The monoisotopic (exact) mass is 357 g/mol. The van der Waals surface area contributed by atoms with E-state index in [1.165, 1.54) is 11.1 Å². The molecule has 3 aliphatic heterocycles. The van der Waals surface area contributed by atoms with Crippen LogP contribution in [0.3, 0.4) is 0 Å². The number of rotatable bonds is 4. The Morgan fingerprint density at radius 1 is 1.00 bits per heavy atom. The molecule has 1 spiro atoms. The van der Waals surface area contributed by atoms with E-state index in [9.17, 15) is 4.79 Å². The van der Waals surface area contributed by atoms with Crippen molar-refractivity contribution in [3.63, 3.8) is 0 Å². The standard InChI is InChI=1S/C21H31N3O2/c1-22-17-21(14-20(22)25)5-7-23(8-6-21)15-18-3-2-4-19(13-18)16-24-9-11-26-12-10-24/h2-4,13H,5-12,14-17H2,1H3. The quantitative estimate of drug-likeness (QED) is 0.825. The van der Waals surface area contributed by atoms with Crippen LogP contribution in [0.4, 0.5) is 0 Å². The van der Waals surface area contributed by atoms with Crippen molar-refractivity contribution < 1.29 is 9.53 Å². The Bertz CT molecular complexity index is 634. The predicted molar refractivity (Wildman–Crippen MR) is 102 cm³/mol. The number of nitrogens with zero attached hydrogens (tertiary/aromatic N) is 3. The van der Waals surface area contributed by atoms with Gasteiger partial charge in [-0.25, -0.2) is 0 Å². The van der Waals surface area contributed by atoms with Crippen molar-refractivity contribution in [2.75, 3.05) is 53.0 Å². The fraction of sp³-hybridized carbons (Fsp3) is 0.667. The van der Waals surface area contributed by atoms with Crippen molar-refractivity contribution in [2.24, 2.45) is 5.41 Å². The lowest BCUT2D eigenvalue weighted by Gasteiger charge is -2.38. The maximum atomic E-state index is 11.9. The fourth-order valence-electron chi connectivity index (χ4n) is 4.73. The molecule has 1 aromatic rings.